The molecule has 0 spiro atoms. The molecule has 1 aromatic heterocycles. The molecule has 0 unspecified atom stereocenters. The van der Waals surface area contributed by atoms with Gasteiger partial charge in [-0.3, -0.25) is 4.79 Å². The summed E-state index contributed by atoms with van der Waals surface area (Å²) in [4.78, 5) is 17.1. The van der Waals surface area contributed by atoms with Crippen molar-refractivity contribution in [1.29, 1.82) is 0 Å². The molecule has 0 aliphatic rings. The van der Waals surface area contributed by atoms with Gasteiger partial charge in [0.05, 0.1) is 17.2 Å². The zero-order chi connectivity index (χ0) is 20.2. The highest BCUT2D eigenvalue weighted by Gasteiger charge is 2.15. The van der Waals surface area contributed by atoms with Crippen LogP contribution >= 0.6 is 11.6 Å². The number of amides is 1. The van der Waals surface area contributed by atoms with Gasteiger partial charge in [-0.15, -0.1) is 0 Å². The SMILES string of the molecule is O=C(Cn1c(-c2ccc(Cl)cc2)nc2ccccc21)N/N=C\c1ccc(F)cc1. The summed E-state index contributed by atoms with van der Waals surface area (Å²) in [5, 5.41) is 4.58. The van der Waals surface area contributed by atoms with Gasteiger partial charge in [-0.25, -0.2) is 14.8 Å². The molecule has 1 amide bonds. The maximum absolute atomic E-state index is 12.9. The minimum Gasteiger partial charge on any atom is -0.314 e. The van der Waals surface area contributed by atoms with E-state index in [1.54, 1.807) is 24.3 Å². The van der Waals surface area contributed by atoms with Crippen LogP contribution in [0.25, 0.3) is 22.4 Å². The molecule has 0 fully saturated rings. The number of fused-ring (bicyclic) bond motifs is 1. The van der Waals surface area contributed by atoms with Gasteiger partial charge < -0.3 is 4.57 Å². The molecule has 0 bridgehead atoms. The molecule has 144 valence electrons. The highest BCUT2D eigenvalue weighted by Crippen LogP contribution is 2.25. The Hall–Kier alpha value is -3.51. The van der Waals surface area contributed by atoms with E-state index in [2.05, 4.69) is 15.5 Å². The molecule has 0 atom stereocenters. The number of carbonyl (C=O) groups is 1. The van der Waals surface area contributed by atoms with E-state index in [0.29, 0.717) is 16.4 Å². The van der Waals surface area contributed by atoms with Crippen molar-refractivity contribution < 1.29 is 9.18 Å². The topological polar surface area (TPSA) is 59.3 Å². The zero-order valence-corrected chi connectivity index (χ0v) is 16.0. The van der Waals surface area contributed by atoms with Gasteiger partial charge in [-0.1, -0.05) is 35.9 Å². The third kappa shape index (κ3) is 4.33. The number of hydrazone groups is 1. The highest BCUT2D eigenvalue weighted by molar-refractivity contribution is 6.30. The summed E-state index contributed by atoms with van der Waals surface area (Å²) < 4.78 is 14.8. The van der Waals surface area contributed by atoms with E-state index in [-0.39, 0.29) is 18.3 Å². The average Bonchev–Trinajstić information content (AvgIpc) is 3.08. The van der Waals surface area contributed by atoms with Crippen LogP contribution in [-0.2, 0) is 11.3 Å². The second-order valence-corrected chi connectivity index (χ2v) is 6.80. The first-order valence-electron chi connectivity index (χ1n) is 8.89. The summed E-state index contributed by atoms with van der Waals surface area (Å²) in [6, 6.07) is 20.7. The van der Waals surface area contributed by atoms with Gasteiger partial charge >= 0.3 is 0 Å². The van der Waals surface area contributed by atoms with Crippen molar-refractivity contribution in [3.8, 4) is 11.4 Å². The molecule has 4 aromatic rings. The van der Waals surface area contributed by atoms with Gasteiger partial charge in [0.2, 0.25) is 0 Å². The highest BCUT2D eigenvalue weighted by atomic mass is 35.5. The molecule has 0 radical (unpaired) electrons. The summed E-state index contributed by atoms with van der Waals surface area (Å²) in [7, 11) is 0. The molecule has 1 N–H and O–H groups in total. The number of nitrogens with zero attached hydrogens (tertiary/aromatic N) is 3. The van der Waals surface area contributed by atoms with Gasteiger partial charge in [0.1, 0.15) is 18.2 Å². The number of rotatable bonds is 5. The number of halogens is 2. The van der Waals surface area contributed by atoms with E-state index in [0.717, 1.165) is 16.6 Å². The molecule has 7 heteroatoms. The molecule has 0 saturated carbocycles. The quantitative estimate of drug-likeness (QED) is 0.387. The van der Waals surface area contributed by atoms with Gasteiger partial charge in [-0.05, 0) is 54.1 Å². The van der Waals surface area contributed by atoms with Crippen molar-refractivity contribution in [2.75, 3.05) is 0 Å². The summed E-state index contributed by atoms with van der Waals surface area (Å²) in [5.74, 6) is 0.0372. The second-order valence-electron chi connectivity index (χ2n) is 6.36. The standard InChI is InChI=1S/C22H16ClFN4O/c23-17-9-7-16(8-10-17)22-26-19-3-1-2-4-20(19)28(22)14-21(29)27-25-13-15-5-11-18(24)12-6-15/h1-13H,14H2,(H,27,29)/b25-13-. The first-order valence-corrected chi connectivity index (χ1v) is 9.26. The smallest absolute Gasteiger partial charge is 0.260 e. The Morgan fingerprint density at radius 1 is 1.07 bits per heavy atom. The van der Waals surface area contributed by atoms with E-state index >= 15 is 0 Å². The molecular weight excluding hydrogens is 391 g/mol. The Bertz CT molecular complexity index is 1180. The van der Waals surface area contributed by atoms with E-state index in [1.807, 2.05) is 41.0 Å². The van der Waals surface area contributed by atoms with Crippen LogP contribution in [0.5, 0.6) is 0 Å². The lowest BCUT2D eigenvalue weighted by Gasteiger charge is -2.08. The fourth-order valence-electron chi connectivity index (χ4n) is 2.96. The van der Waals surface area contributed by atoms with Crippen LogP contribution in [0, 0.1) is 5.82 Å². The third-order valence-electron chi connectivity index (χ3n) is 4.33. The molecule has 0 aliphatic carbocycles. The minimum absolute atomic E-state index is 0.0409. The predicted octanol–water partition coefficient (Wildman–Crippen LogP) is 4.65. The van der Waals surface area contributed by atoms with Crippen LogP contribution in [0.3, 0.4) is 0 Å². The minimum atomic E-state index is -0.326. The number of nitrogens with one attached hydrogen (secondary N) is 1. The first-order chi connectivity index (χ1) is 14.1. The number of hydrogen-bond acceptors (Lipinski definition) is 3. The van der Waals surface area contributed by atoms with Crippen molar-refractivity contribution >= 4 is 34.8 Å². The Morgan fingerprint density at radius 3 is 2.55 bits per heavy atom. The summed E-state index contributed by atoms with van der Waals surface area (Å²) >= 11 is 5.99. The van der Waals surface area contributed by atoms with Crippen LogP contribution in [0.1, 0.15) is 5.56 Å². The maximum atomic E-state index is 12.9. The predicted molar refractivity (Wildman–Crippen MR) is 112 cm³/mol. The Morgan fingerprint density at radius 2 is 1.79 bits per heavy atom. The lowest BCUT2D eigenvalue weighted by Crippen LogP contribution is -2.23. The molecule has 0 saturated heterocycles. The number of para-hydroxylation sites is 2. The first kappa shape index (κ1) is 18.8. The number of hydrogen-bond donors (Lipinski definition) is 1. The van der Waals surface area contributed by atoms with Crippen LogP contribution < -0.4 is 5.43 Å². The number of carbonyl (C=O) groups excluding carboxylic acids is 1. The van der Waals surface area contributed by atoms with E-state index in [4.69, 9.17) is 11.6 Å². The molecular formula is C22H16ClFN4O. The fourth-order valence-corrected chi connectivity index (χ4v) is 3.09. The van der Waals surface area contributed by atoms with Crippen molar-refractivity contribution in [2.45, 2.75) is 6.54 Å². The molecule has 3 aromatic carbocycles. The monoisotopic (exact) mass is 406 g/mol. The van der Waals surface area contributed by atoms with Gasteiger partial charge in [0.25, 0.3) is 5.91 Å². The maximum Gasteiger partial charge on any atom is 0.260 e. The second kappa shape index (κ2) is 8.24. The number of imidazole rings is 1. The van der Waals surface area contributed by atoms with Crippen LogP contribution in [0.2, 0.25) is 5.02 Å². The van der Waals surface area contributed by atoms with Crippen molar-refractivity contribution in [3.63, 3.8) is 0 Å². The van der Waals surface area contributed by atoms with Gasteiger partial charge in [0.15, 0.2) is 0 Å². The Balaban J connectivity index is 1.57. The Kier molecular flexibility index (Phi) is 5.35. The summed E-state index contributed by atoms with van der Waals surface area (Å²) in [5.41, 5.74) is 5.67. The summed E-state index contributed by atoms with van der Waals surface area (Å²) in [6.45, 7) is 0.0409. The van der Waals surface area contributed by atoms with E-state index in [1.165, 1.54) is 18.3 Å². The summed E-state index contributed by atoms with van der Waals surface area (Å²) in [6.07, 6.45) is 1.46. The molecule has 4 rings (SSSR count). The van der Waals surface area contributed by atoms with Crippen molar-refractivity contribution in [1.82, 2.24) is 15.0 Å². The third-order valence-corrected chi connectivity index (χ3v) is 4.58. The van der Waals surface area contributed by atoms with E-state index < -0.39 is 0 Å². The lowest BCUT2D eigenvalue weighted by molar-refractivity contribution is -0.121. The van der Waals surface area contributed by atoms with Crippen molar-refractivity contribution in [3.05, 3.63) is 89.2 Å². The zero-order valence-electron chi connectivity index (χ0n) is 15.2. The molecule has 1 heterocycles. The van der Waals surface area contributed by atoms with Crippen LogP contribution in [0.15, 0.2) is 77.9 Å². The largest absolute Gasteiger partial charge is 0.314 e. The van der Waals surface area contributed by atoms with Crippen molar-refractivity contribution in [2.24, 2.45) is 5.10 Å². The van der Waals surface area contributed by atoms with Crippen LogP contribution in [-0.4, -0.2) is 21.7 Å². The lowest BCUT2D eigenvalue weighted by atomic mass is 10.2. The van der Waals surface area contributed by atoms with Gasteiger partial charge in [-0.2, -0.15) is 5.10 Å². The fraction of sp³-hybridized carbons (Fsp3) is 0.0455. The Labute approximate surface area is 171 Å². The van der Waals surface area contributed by atoms with Crippen LogP contribution in [0.4, 0.5) is 4.39 Å². The number of aromatic nitrogens is 2. The van der Waals surface area contributed by atoms with Gasteiger partial charge in [0, 0.05) is 10.6 Å². The average molecular weight is 407 g/mol. The normalized spacial score (nSPS) is 11.2. The molecule has 0 aliphatic heterocycles. The molecule has 29 heavy (non-hydrogen) atoms. The van der Waals surface area contributed by atoms with E-state index in [9.17, 15) is 9.18 Å². The number of benzene rings is 3. The molecule has 5 nitrogen and oxygen atoms in total.